The molecule has 2 aliphatic rings. The Bertz CT molecular complexity index is 2240. The van der Waals surface area contributed by atoms with E-state index in [-0.39, 0.29) is 5.92 Å². The highest BCUT2D eigenvalue weighted by Crippen LogP contribution is 2.39. The molecule has 2 aromatic heterocycles. The Labute approximate surface area is 256 Å². The van der Waals surface area contributed by atoms with Crippen molar-refractivity contribution in [2.75, 3.05) is 0 Å². The van der Waals surface area contributed by atoms with Gasteiger partial charge in [0.2, 0.25) is 0 Å². The minimum atomic E-state index is 0.249. The number of benzene rings is 5. The zero-order valence-corrected chi connectivity index (χ0v) is 24.5. The van der Waals surface area contributed by atoms with Crippen LogP contribution in [0.5, 0.6) is 0 Å². The van der Waals surface area contributed by atoms with E-state index < -0.39 is 0 Å². The summed E-state index contributed by atoms with van der Waals surface area (Å²) < 4.78 is 8.89. The summed E-state index contributed by atoms with van der Waals surface area (Å²) in [6.45, 7) is 0. The van der Waals surface area contributed by atoms with Crippen LogP contribution in [0.2, 0.25) is 0 Å². The zero-order chi connectivity index (χ0) is 29.0. The lowest BCUT2D eigenvalue weighted by atomic mass is 9.84. The first-order valence-electron chi connectivity index (χ1n) is 15.8. The van der Waals surface area contributed by atoms with Gasteiger partial charge in [-0.1, -0.05) is 97.1 Å². The van der Waals surface area contributed by atoms with Crippen molar-refractivity contribution in [3.05, 3.63) is 150 Å². The Morgan fingerprint density at radius 3 is 2.20 bits per heavy atom. The molecule has 2 atom stereocenters. The first-order valence-corrected chi connectivity index (χ1v) is 15.8. The lowest BCUT2D eigenvalue weighted by Gasteiger charge is -2.26. The Hall–Kier alpha value is -5.15. The van der Waals surface area contributed by atoms with Crippen LogP contribution in [0.4, 0.5) is 0 Å². The largest absolute Gasteiger partial charge is 0.456 e. The van der Waals surface area contributed by atoms with Crippen LogP contribution in [0.3, 0.4) is 0 Å². The molecule has 3 heterocycles. The van der Waals surface area contributed by atoms with Gasteiger partial charge < -0.3 is 8.98 Å². The third-order valence-electron chi connectivity index (χ3n) is 9.54. The number of aliphatic imine (C=N–C) groups is 1. The quantitative estimate of drug-likeness (QED) is 0.194. The molecule has 0 saturated carbocycles. The first-order chi connectivity index (χ1) is 21.8. The van der Waals surface area contributed by atoms with E-state index in [1.165, 1.54) is 57.2 Å². The lowest BCUT2D eigenvalue weighted by molar-refractivity contribution is 0.592. The van der Waals surface area contributed by atoms with Crippen molar-refractivity contribution in [2.24, 2.45) is 10.9 Å². The predicted octanol–water partition coefficient (Wildman–Crippen LogP) is 10.9. The van der Waals surface area contributed by atoms with E-state index in [4.69, 9.17) is 9.41 Å². The zero-order valence-electron chi connectivity index (χ0n) is 24.5. The maximum atomic E-state index is 6.51. The summed E-state index contributed by atoms with van der Waals surface area (Å²) in [5.41, 5.74) is 10.3. The van der Waals surface area contributed by atoms with Gasteiger partial charge >= 0.3 is 0 Å². The molecule has 1 aliphatic heterocycles. The number of fused-ring (bicyclic) bond motifs is 6. The molecule has 212 valence electrons. The molecular weight excluding hydrogens is 536 g/mol. The van der Waals surface area contributed by atoms with Crippen molar-refractivity contribution in [1.29, 1.82) is 0 Å². The number of furan rings is 1. The summed E-state index contributed by atoms with van der Waals surface area (Å²) in [6, 6.07) is 41.4. The van der Waals surface area contributed by atoms with Gasteiger partial charge in [-0.2, -0.15) is 0 Å². The molecular formula is C41H32N2O. The van der Waals surface area contributed by atoms with Gasteiger partial charge in [0, 0.05) is 56.9 Å². The van der Waals surface area contributed by atoms with Gasteiger partial charge in [0.05, 0.1) is 11.0 Å². The maximum absolute atomic E-state index is 6.51. The Morgan fingerprint density at radius 1 is 0.659 bits per heavy atom. The molecule has 5 aromatic carbocycles. The molecule has 0 N–H and O–H groups in total. The van der Waals surface area contributed by atoms with Crippen molar-refractivity contribution in [1.82, 2.24) is 4.57 Å². The van der Waals surface area contributed by atoms with Crippen molar-refractivity contribution >= 4 is 49.5 Å². The normalized spacial score (nSPS) is 18.7. The third kappa shape index (κ3) is 4.15. The topological polar surface area (TPSA) is 30.4 Å². The second-order valence-electron chi connectivity index (χ2n) is 12.2. The van der Waals surface area contributed by atoms with Crippen molar-refractivity contribution in [3.63, 3.8) is 0 Å². The molecule has 0 fully saturated rings. The van der Waals surface area contributed by atoms with Crippen molar-refractivity contribution in [2.45, 2.75) is 31.6 Å². The van der Waals surface area contributed by atoms with Crippen LogP contribution in [0, 0.1) is 5.92 Å². The van der Waals surface area contributed by atoms with E-state index in [1.54, 1.807) is 0 Å². The summed E-state index contributed by atoms with van der Waals surface area (Å²) in [5, 5.41) is 4.84. The van der Waals surface area contributed by atoms with Crippen LogP contribution in [0.1, 0.15) is 42.7 Å². The van der Waals surface area contributed by atoms with Crippen LogP contribution in [0.25, 0.3) is 49.4 Å². The van der Waals surface area contributed by atoms with Crippen LogP contribution in [0.15, 0.2) is 149 Å². The second kappa shape index (κ2) is 10.2. The van der Waals surface area contributed by atoms with E-state index >= 15 is 0 Å². The SMILES string of the molecule is C1=CC(C2=CC(c3ccc4c(c3)oc3ccc(-n5c6ccccc6c6ccccc65)cc34)CC(c3ccccc3)=N2)CCC1. The van der Waals surface area contributed by atoms with Gasteiger partial charge in [0.15, 0.2) is 0 Å². The summed E-state index contributed by atoms with van der Waals surface area (Å²) in [5.74, 6) is 0.637. The van der Waals surface area contributed by atoms with E-state index in [0.29, 0.717) is 5.92 Å². The van der Waals surface area contributed by atoms with Crippen LogP contribution >= 0.6 is 0 Å². The maximum Gasteiger partial charge on any atom is 0.135 e. The fraction of sp³-hybridized carbons (Fsp3) is 0.146. The highest BCUT2D eigenvalue weighted by molar-refractivity contribution is 6.10. The van der Waals surface area contributed by atoms with Gasteiger partial charge in [-0.25, -0.2) is 0 Å². The molecule has 0 amide bonds. The van der Waals surface area contributed by atoms with E-state index in [1.807, 2.05) is 0 Å². The van der Waals surface area contributed by atoms with Crippen molar-refractivity contribution < 1.29 is 4.42 Å². The van der Waals surface area contributed by atoms with E-state index in [0.717, 1.165) is 40.5 Å². The monoisotopic (exact) mass is 568 g/mol. The molecule has 0 spiro atoms. The molecule has 1 aliphatic carbocycles. The Kier molecular flexibility index (Phi) is 5.90. The molecule has 44 heavy (non-hydrogen) atoms. The molecule has 3 heteroatoms. The van der Waals surface area contributed by atoms with E-state index in [2.05, 4.69) is 138 Å². The average molecular weight is 569 g/mol. The number of nitrogens with zero attached hydrogens (tertiary/aromatic N) is 2. The summed E-state index contributed by atoms with van der Waals surface area (Å²) in [6.07, 6.45) is 11.5. The van der Waals surface area contributed by atoms with E-state index in [9.17, 15) is 0 Å². The molecule has 0 saturated heterocycles. The highest BCUT2D eigenvalue weighted by Gasteiger charge is 2.25. The molecule has 7 aromatic rings. The first kappa shape index (κ1) is 25.4. The fourth-order valence-electron chi connectivity index (χ4n) is 7.36. The molecule has 9 rings (SSSR count). The van der Waals surface area contributed by atoms with Gasteiger partial charge in [-0.05, 0) is 66.8 Å². The van der Waals surface area contributed by atoms with Gasteiger partial charge in [-0.3, -0.25) is 4.99 Å². The van der Waals surface area contributed by atoms with Gasteiger partial charge in [-0.15, -0.1) is 0 Å². The summed E-state index contributed by atoms with van der Waals surface area (Å²) in [4.78, 5) is 5.23. The molecule has 0 radical (unpaired) electrons. The number of allylic oxidation sites excluding steroid dienone is 3. The minimum Gasteiger partial charge on any atom is -0.456 e. The number of aromatic nitrogens is 1. The molecule has 0 bridgehead atoms. The van der Waals surface area contributed by atoms with Crippen molar-refractivity contribution in [3.8, 4) is 5.69 Å². The summed E-state index contributed by atoms with van der Waals surface area (Å²) >= 11 is 0. The minimum absolute atomic E-state index is 0.249. The Balaban J connectivity index is 1.14. The Morgan fingerprint density at radius 2 is 1.43 bits per heavy atom. The third-order valence-corrected chi connectivity index (χ3v) is 9.54. The molecule has 3 nitrogen and oxygen atoms in total. The predicted molar refractivity (Wildman–Crippen MR) is 183 cm³/mol. The second-order valence-corrected chi connectivity index (χ2v) is 12.2. The molecule has 2 unspecified atom stereocenters. The fourth-order valence-corrected chi connectivity index (χ4v) is 7.36. The summed E-state index contributed by atoms with van der Waals surface area (Å²) in [7, 11) is 0. The number of rotatable bonds is 4. The van der Waals surface area contributed by atoms with Crippen LogP contribution in [-0.4, -0.2) is 10.3 Å². The number of para-hydroxylation sites is 2. The number of hydrogen-bond acceptors (Lipinski definition) is 2. The highest BCUT2D eigenvalue weighted by atomic mass is 16.3. The smallest absolute Gasteiger partial charge is 0.135 e. The van der Waals surface area contributed by atoms with Crippen LogP contribution < -0.4 is 0 Å². The van der Waals surface area contributed by atoms with Gasteiger partial charge in [0.25, 0.3) is 0 Å². The lowest BCUT2D eigenvalue weighted by Crippen LogP contribution is -2.16. The number of hydrogen-bond donors (Lipinski definition) is 0. The standard InChI is InChI=1S/C41H32N2O/c1-3-11-27(12-4-1)36-23-30(24-37(42-36)28-13-5-2-6-14-28)29-19-21-34-35-26-31(20-22-40(35)44-41(34)25-29)43-38-17-9-7-15-32(38)33-16-8-10-18-39(33)43/h1,3-5,7-13,15-22,24-26,28,30H,2,6,14,23H2. The average Bonchev–Trinajstić information content (AvgIpc) is 3.64. The van der Waals surface area contributed by atoms with Gasteiger partial charge in [0.1, 0.15) is 11.2 Å². The van der Waals surface area contributed by atoms with Crippen LogP contribution in [-0.2, 0) is 0 Å².